The van der Waals surface area contributed by atoms with E-state index in [1.54, 1.807) is 0 Å². The van der Waals surface area contributed by atoms with Crippen molar-refractivity contribution in [3.05, 3.63) is 76.9 Å². The fourth-order valence-corrected chi connectivity index (χ4v) is 3.81. The Kier molecular flexibility index (Phi) is 4.84. The van der Waals surface area contributed by atoms with Crippen molar-refractivity contribution in [2.24, 2.45) is 0 Å². The van der Waals surface area contributed by atoms with Crippen molar-refractivity contribution in [2.75, 3.05) is 5.73 Å². The molecule has 1 amide bonds. The molecule has 0 aliphatic rings. The van der Waals surface area contributed by atoms with Crippen LogP contribution in [0.4, 0.5) is 5.13 Å². The number of hydrogen-bond donors (Lipinski definition) is 3. The van der Waals surface area contributed by atoms with E-state index >= 15 is 0 Å². The van der Waals surface area contributed by atoms with Gasteiger partial charge in [-0.25, -0.2) is 0 Å². The number of nitrogens with two attached hydrogens (primary N) is 1. The van der Waals surface area contributed by atoms with Crippen LogP contribution in [0.15, 0.2) is 60.8 Å². The van der Waals surface area contributed by atoms with Crippen molar-refractivity contribution >= 4 is 33.3 Å². The Balaban J connectivity index is 1.48. The maximum Gasteiger partial charge on any atom is 0.221 e. The number of amides is 1. The van der Waals surface area contributed by atoms with Crippen molar-refractivity contribution in [1.29, 1.82) is 0 Å². The number of nitrogens with zero attached hydrogens (tertiary/aromatic N) is 2. The Bertz CT molecular complexity index is 1060. The first-order valence-electron chi connectivity index (χ1n) is 8.69. The van der Waals surface area contributed by atoms with Crippen molar-refractivity contribution in [1.82, 2.24) is 20.5 Å². The minimum atomic E-state index is -0.350. The number of nitrogen functional groups attached to an aromatic ring is 1. The zero-order valence-electron chi connectivity index (χ0n) is 14.6. The predicted molar refractivity (Wildman–Crippen MR) is 107 cm³/mol. The lowest BCUT2D eigenvalue weighted by Gasteiger charge is -2.16. The van der Waals surface area contributed by atoms with Gasteiger partial charge in [0.25, 0.3) is 0 Å². The van der Waals surface area contributed by atoms with E-state index in [0.29, 0.717) is 23.0 Å². The van der Waals surface area contributed by atoms with Crippen LogP contribution in [0, 0.1) is 0 Å². The molecule has 2 heterocycles. The molecule has 0 saturated carbocycles. The van der Waals surface area contributed by atoms with Gasteiger partial charge in [-0.1, -0.05) is 59.9 Å². The number of aromatic amines is 1. The predicted octanol–water partition coefficient (Wildman–Crippen LogP) is 3.44. The Morgan fingerprint density at radius 3 is 2.67 bits per heavy atom. The normalized spacial score (nSPS) is 12.1. The van der Waals surface area contributed by atoms with E-state index in [2.05, 4.69) is 26.6 Å². The molecule has 0 radical (unpaired) electrons. The first kappa shape index (κ1) is 17.2. The van der Waals surface area contributed by atoms with E-state index in [0.717, 1.165) is 22.0 Å². The van der Waals surface area contributed by atoms with Gasteiger partial charge < -0.3 is 16.0 Å². The number of H-pyrrole nitrogens is 1. The molecule has 136 valence electrons. The average molecular weight is 377 g/mol. The van der Waals surface area contributed by atoms with Crippen molar-refractivity contribution < 1.29 is 4.79 Å². The molecule has 0 saturated heterocycles. The van der Waals surface area contributed by atoms with Crippen LogP contribution in [0.1, 0.15) is 28.6 Å². The third-order valence-corrected chi connectivity index (χ3v) is 5.26. The monoisotopic (exact) mass is 377 g/mol. The number of nitrogens with one attached hydrogen (secondary N) is 2. The molecule has 7 heteroatoms. The molecular weight excluding hydrogens is 358 g/mol. The van der Waals surface area contributed by atoms with Gasteiger partial charge in [-0.3, -0.25) is 4.79 Å². The third-order valence-electron chi connectivity index (χ3n) is 4.44. The van der Waals surface area contributed by atoms with E-state index in [1.165, 1.54) is 11.3 Å². The highest BCUT2D eigenvalue weighted by atomic mass is 32.1. The van der Waals surface area contributed by atoms with E-state index in [4.69, 9.17) is 5.73 Å². The molecule has 6 nitrogen and oxygen atoms in total. The zero-order chi connectivity index (χ0) is 18.6. The molecule has 0 unspecified atom stereocenters. The van der Waals surface area contributed by atoms with Gasteiger partial charge in [-0.15, -0.1) is 10.2 Å². The summed E-state index contributed by atoms with van der Waals surface area (Å²) in [6.07, 6.45) is 3.02. The summed E-state index contributed by atoms with van der Waals surface area (Å²) in [7, 11) is 0. The van der Waals surface area contributed by atoms with Gasteiger partial charge in [0.05, 0.1) is 0 Å². The molecule has 0 bridgehead atoms. The number of aryl methyl sites for hydroxylation is 1. The standard InChI is InChI=1S/C20H19N5OS/c21-20-25-24-19(27-20)18(13-6-2-1-3-7-13)23-17(26)11-10-14-12-22-16-9-5-4-8-15(14)16/h1-9,12,18,22H,10-11H2,(H2,21,25)(H,23,26)/t18-/m1/s1. The lowest BCUT2D eigenvalue weighted by molar-refractivity contribution is -0.121. The number of rotatable bonds is 6. The summed E-state index contributed by atoms with van der Waals surface area (Å²) < 4.78 is 0. The molecule has 0 aliphatic carbocycles. The first-order chi connectivity index (χ1) is 13.2. The Morgan fingerprint density at radius 1 is 1.11 bits per heavy atom. The molecule has 0 spiro atoms. The van der Waals surface area contributed by atoms with Crippen molar-refractivity contribution in [2.45, 2.75) is 18.9 Å². The highest BCUT2D eigenvalue weighted by Crippen LogP contribution is 2.26. The van der Waals surface area contributed by atoms with Crippen LogP contribution in [-0.4, -0.2) is 21.1 Å². The second kappa shape index (κ2) is 7.59. The van der Waals surface area contributed by atoms with Gasteiger partial charge in [0.15, 0.2) is 0 Å². The molecule has 1 atom stereocenters. The van der Waals surface area contributed by atoms with Gasteiger partial charge in [-0.2, -0.15) is 0 Å². The number of carbonyl (C=O) groups is 1. The highest BCUT2D eigenvalue weighted by Gasteiger charge is 2.21. The maximum atomic E-state index is 12.6. The van der Waals surface area contributed by atoms with E-state index in [9.17, 15) is 4.79 Å². The minimum Gasteiger partial charge on any atom is -0.374 e. The van der Waals surface area contributed by atoms with Crippen molar-refractivity contribution in [3.8, 4) is 0 Å². The second-order valence-electron chi connectivity index (χ2n) is 6.25. The number of carbonyl (C=O) groups excluding carboxylic acids is 1. The zero-order valence-corrected chi connectivity index (χ0v) is 15.4. The summed E-state index contributed by atoms with van der Waals surface area (Å²) in [4.78, 5) is 15.9. The molecule has 27 heavy (non-hydrogen) atoms. The summed E-state index contributed by atoms with van der Waals surface area (Å²) >= 11 is 1.29. The van der Waals surface area contributed by atoms with Crippen LogP contribution in [0.5, 0.6) is 0 Å². The van der Waals surface area contributed by atoms with Gasteiger partial charge >= 0.3 is 0 Å². The number of aromatic nitrogens is 3. The summed E-state index contributed by atoms with van der Waals surface area (Å²) in [5.74, 6) is -0.0390. The van der Waals surface area contributed by atoms with Gasteiger partial charge in [0, 0.05) is 23.5 Å². The summed E-state index contributed by atoms with van der Waals surface area (Å²) in [5.41, 5.74) is 8.90. The molecule has 0 fully saturated rings. The van der Waals surface area contributed by atoms with Crippen LogP contribution in [0.25, 0.3) is 10.9 Å². The minimum absolute atomic E-state index is 0.0390. The highest BCUT2D eigenvalue weighted by molar-refractivity contribution is 7.15. The summed E-state index contributed by atoms with van der Waals surface area (Å²) in [5, 5.41) is 13.3. The Labute approximate surface area is 160 Å². The van der Waals surface area contributed by atoms with E-state index in [-0.39, 0.29) is 11.9 Å². The quantitative estimate of drug-likeness (QED) is 0.479. The fraction of sp³-hybridized carbons (Fsp3) is 0.150. The molecule has 4 N–H and O–H groups in total. The lowest BCUT2D eigenvalue weighted by atomic mass is 10.1. The smallest absolute Gasteiger partial charge is 0.221 e. The first-order valence-corrected chi connectivity index (χ1v) is 9.50. The van der Waals surface area contributed by atoms with Crippen molar-refractivity contribution in [3.63, 3.8) is 0 Å². The molecule has 4 aromatic rings. The van der Waals surface area contributed by atoms with Gasteiger partial charge in [0.1, 0.15) is 11.0 Å². The molecular formula is C20H19N5OS. The largest absolute Gasteiger partial charge is 0.374 e. The Hall–Kier alpha value is -3.19. The number of fused-ring (bicyclic) bond motifs is 1. The average Bonchev–Trinajstić information content (AvgIpc) is 3.31. The van der Waals surface area contributed by atoms with E-state index in [1.807, 2.05) is 54.7 Å². The summed E-state index contributed by atoms with van der Waals surface area (Å²) in [6, 6.07) is 17.5. The molecule has 0 aliphatic heterocycles. The fourth-order valence-electron chi connectivity index (χ4n) is 3.12. The Morgan fingerprint density at radius 2 is 1.89 bits per heavy atom. The third kappa shape index (κ3) is 3.83. The number of para-hydroxylation sites is 1. The molecule has 2 aromatic heterocycles. The van der Waals surface area contributed by atoms with Crippen LogP contribution >= 0.6 is 11.3 Å². The number of benzene rings is 2. The van der Waals surface area contributed by atoms with Crippen LogP contribution in [0.3, 0.4) is 0 Å². The lowest BCUT2D eigenvalue weighted by Crippen LogP contribution is -2.29. The van der Waals surface area contributed by atoms with Crippen LogP contribution in [-0.2, 0) is 11.2 Å². The molecule has 4 rings (SSSR count). The molecule has 2 aromatic carbocycles. The SMILES string of the molecule is Nc1nnc([C@H](NC(=O)CCc2c[nH]c3ccccc23)c2ccccc2)s1. The number of hydrogen-bond acceptors (Lipinski definition) is 5. The second-order valence-corrected chi connectivity index (χ2v) is 7.29. The van der Waals surface area contributed by atoms with Gasteiger partial charge in [0.2, 0.25) is 11.0 Å². The maximum absolute atomic E-state index is 12.6. The van der Waals surface area contributed by atoms with E-state index < -0.39 is 0 Å². The van der Waals surface area contributed by atoms with Crippen LogP contribution in [0.2, 0.25) is 0 Å². The summed E-state index contributed by atoms with van der Waals surface area (Å²) in [6.45, 7) is 0. The topological polar surface area (TPSA) is 96.7 Å². The number of anilines is 1. The van der Waals surface area contributed by atoms with Gasteiger partial charge in [-0.05, 0) is 23.6 Å². The van der Waals surface area contributed by atoms with Crippen LogP contribution < -0.4 is 11.1 Å².